The number of carbonyl (C=O) groups is 1. The number of hydrogen-bond donors (Lipinski definition) is 1. The molecule has 0 bridgehead atoms. The fourth-order valence-corrected chi connectivity index (χ4v) is 2.59. The van der Waals surface area contributed by atoms with Gasteiger partial charge >= 0.3 is 5.97 Å². The van der Waals surface area contributed by atoms with Crippen LogP contribution in [-0.4, -0.2) is 24.3 Å². The lowest BCUT2D eigenvalue weighted by Crippen LogP contribution is -2.15. The van der Waals surface area contributed by atoms with Gasteiger partial charge in [-0.15, -0.1) is 0 Å². The van der Waals surface area contributed by atoms with Gasteiger partial charge in [0.25, 0.3) is 0 Å². The third-order valence-electron chi connectivity index (χ3n) is 3.05. The van der Waals surface area contributed by atoms with E-state index < -0.39 is 5.97 Å². The Hall–Kier alpha value is -1.23. The Morgan fingerprint density at radius 1 is 1.16 bits per heavy atom. The summed E-state index contributed by atoms with van der Waals surface area (Å²) in [4.78, 5) is 10.4. The van der Waals surface area contributed by atoms with Crippen molar-refractivity contribution in [2.24, 2.45) is 0 Å². The molecule has 1 aromatic carbocycles. The summed E-state index contributed by atoms with van der Waals surface area (Å²) in [5, 5.41) is 8.57. The Labute approximate surface area is 120 Å². The number of benzene rings is 1. The lowest BCUT2D eigenvalue weighted by molar-refractivity contribution is -0.137. The zero-order chi connectivity index (χ0) is 13.7. The zero-order valence-corrected chi connectivity index (χ0v) is 12.2. The van der Waals surface area contributed by atoms with Gasteiger partial charge in [0.2, 0.25) is 0 Å². The van der Waals surface area contributed by atoms with Crippen molar-refractivity contribution in [2.45, 2.75) is 32.1 Å². The van der Waals surface area contributed by atoms with Crippen molar-refractivity contribution >= 4 is 21.9 Å². The van der Waals surface area contributed by atoms with Crippen LogP contribution in [0.15, 0.2) is 16.6 Å². The van der Waals surface area contributed by atoms with Crippen molar-refractivity contribution in [1.82, 2.24) is 0 Å². The summed E-state index contributed by atoms with van der Waals surface area (Å²) in [7, 11) is 0. The number of aliphatic carboxylic acids is 1. The summed E-state index contributed by atoms with van der Waals surface area (Å²) in [5.74, 6) is 0.864. The summed E-state index contributed by atoms with van der Waals surface area (Å²) >= 11 is 3.54. The number of aryl methyl sites for hydroxylation is 1. The Bertz CT molecular complexity index is 459. The van der Waals surface area contributed by atoms with Gasteiger partial charge in [-0.1, -0.05) is 22.4 Å². The van der Waals surface area contributed by atoms with Crippen molar-refractivity contribution in [3.8, 4) is 11.5 Å². The molecule has 0 saturated heterocycles. The van der Waals surface area contributed by atoms with Crippen LogP contribution in [0.1, 0.15) is 31.2 Å². The van der Waals surface area contributed by atoms with E-state index in [0.717, 1.165) is 41.7 Å². The van der Waals surface area contributed by atoms with E-state index in [-0.39, 0.29) is 6.42 Å². The van der Waals surface area contributed by atoms with E-state index in [1.54, 1.807) is 0 Å². The largest absolute Gasteiger partial charge is 0.486 e. The molecule has 1 aromatic rings. The summed E-state index contributed by atoms with van der Waals surface area (Å²) in [6, 6.07) is 3.96. The van der Waals surface area contributed by atoms with Gasteiger partial charge in [-0.3, -0.25) is 4.79 Å². The maximum atomic E-state index is 10.4. The standard InChI is InChI=1S/C14H17BrO4/c15-11-9-13-12(18-6-7-19-13)8-10(11)4-2-1-3-5-14(16)17/h8-9H,1-7H2,(H,16,17). The van der Waals surface area contributed by atoms with Gasteiger partial charge in [0.15, 0.2) is 11.5 Å². The molecular formula is C14H17BrO4. The second-order valence-corrected chi connectivity index (χ2v) is 5.40. The third-order valence-corrected chi connectivity index (χ3v) is 3.79. The van der Waals surface area contributed by atoms with Crippen LogP contribution in [0.2, 0.25) is 0 Å². The van der Waals surface area contributed by atoms with E-state index in [1.807, 2.05) is 12.1 Å². The number of carboxylic acid groups (broad SMARTS) is 1. The molecule has 2 rings (SSSR count). The van der Waals surface area contributed by atoms with Crippen LogP contribution < -0.4 is 9.47 Å². The van der Waals surface area contributed by atoms with Crippen molar-refractivity contribution in [3.05, 3.63) is 22.2 Å². The molecule has 1 N–H and O–H groups in total. The van der Waals surface area contributed by atoms with E-state index in [4.69, 9.17) is 14.6 Å². The molecule has 4 nitrogen and oxygen atoms in total. The Balaban J connectivity index is 1.88. The molecule has 0 amide bonds. The lowest BCUT2D eigenvalue weighted by Gasteiger charge is -2.20. The number of rotatable bonds is 6. The SMILES string of the molecule is O=C(O)CCCCCc1cc2c(cc1Br)OCCO2. The van der Waals surface area contributed by atoms with Crippen LogP contribution in [0.25, 0.3) is 0 Å². The van der Waals surface area contributed by atoms with Gasteiger partial charge in [0.05, 0.1) is 0 Å². The second-order valence-electron chi connectivity index (χ2n) is 4.54. The van der Waals surface area contributed by atoms with Crippen molar-refractivity contribution in [3.63, 3.8) is 0 Å². The van der Waals surface area contributed by atoms with Crippen molar-refractivity contribution in [1.29, 1.82) is 0 Å². The second kappa shape index (κ2) is 6.80. The molecule has 1 aliphatic heterocycles. The minimum atomic E-state index is -0.722. The average molecular weight is 329 g/mol. The predicted octanol–water partition coefficient (Wildman–Crippen LogP) is 3.41. The van der Waals surface area contributed by atoms with Crippen LogP contribution in [0, 0.1) is 0 Å². The predicted molar refractivity (Wildman–Crippen MR) is 74.9 cm³/mol. The molecule has 0 fully saturated rings. The van der Waals surface area contributed by atoms with E-state index in [2.05, 4.69) is 15.9 Å². The summed E-state index contributed by atoms with van der Waals surface area (Å²) in [6.45, 7) is 1.18. The van der Waals surface area contributed by atoms with Crippen LogP contribution >= 0.6 is 15.9 Å². The number of halogens is 1. The smallest absolute Gasteiger partial charge is 0.303 e. The van der Waals surface area contributed by atoms with Crippen LogP contribution in [0.3, 0.4) is 0 Å². The Morgan fingerprint density at radius 2 is 1.84 bits per heavy atom. The first-order valence-electron chi connectivity index (χ1n) is 6.46. The summed E-state index contributed by atoms with van der Waals surface area (Å²) in [5.41, 5.74) is 1.18. The van der Waals surface area contributed by atoms with E-state index in [1.165, 1.54) is 5.56 Å². The van der Waals surface area contributed by atoms with E-state index >= 15 is 0 Å². The average Bonchev–Trinajstić information content (AvgIpc) is 2.38. The zero-order valence-electron chi connectivity index (χ0n) is 10.7. The lowest BCUT2D eigenvalue weighted by atomic mass is 10.1. The highest BCUT2D eigenvalue weighted by atomic mass is 79.9. The molecular weight excluding hydrogens is 312 g/mol. The van der Waals surface area contributed by atoms with Gasteiger partial charge in [0, 0.05) is 10.9 Å². The first-order chi connectivity index (χ1) is 9.16. The molecule has 104 valence electrons. The fraction of sp³-hybridized carbons (Fsp3) is 0.500. The molecule has 1 aliphatic rings. The normalized spacial score (nSPS) is 13.3. The van der Waals surface area contributed by atoms with Gasteiger partial charge in [0.1, 0.15) is 13.2 Å². The summed E-state index contributed by atoms with van der Waals surface area (Å²) < 4.78 is 12.1. The number of hydrogen-bond acceptors (Lipinski definition) is 3. The van der Waals surface area contributed by atoms with Gasteiger partial charge in [-0.25, -0.2) is 0 Å². The topological polar surface area (TPSA) is 55.8 Å². The quantitative estimate of drug-likeness (QED) is 0.813. The Kier molecular flexibility index (Phi) is 5.07. The van der Waals surface area contributed by atoms with Crippen molar-refractivity contribution < 1.29 is 19.4 Å². The number of unbranched alkanes of at least 4 members (excludes halogenated alkanes) is 2. The molecule has 1 heterocycles. The fourth-order valence-electron chi connectivity index (χ4n) is 2.07. The number of fused-ring (bicyclic) bond motifs is 1. The monoisotopic (exact) mass is 328 g/mol. The maximum absolute atomic E-state index is 10.4. The van der Waals surface area contributed by atoms with Crippen LogP contribution in [0.4, 0.5) is 0 Å². The Morgan fingerprint density at radius 3 is 2.53 bits per heavy atom. The maximum Gasteiger partial charge on any atom is 0.303 e. The third kappa shape index (κ3) is 4.13. The van der Waals surface area contributed by atoms with Gasteiger partial charge < -0.3 is 14.6 Å². The molecule has 0 spiro atoms. The molecule has 0 atom stereocenters. The molecule has 0 saturated carbocycles. The molecule has 0 unspecified atom stereocenters. The van der Waals surface area contributed by atoms with Gasteiger partial charge in [-0.05, 0) is 37.0 Å². The molecule has 19 heavy (non-hydrogen) atoms. The highest BCUT2D eigenvalue weighted by Gasteiger charge is 2.14. The van der Waals surface area contributed by atoms with Crippen LogP contribution in [-0.2, 0) is 11.2 Å². The van der Waals surface area contributed by atoms with E-state index in [9.17, 15) is 4.79 Å². The summed E-state index contributed by atoms with van der Waals surface area (Å²) in [6.07, 6.45) is 3.80. The first kappa shape index (κ1) is 14.2. The number of ether oxygens (including phenoxy) is 2. The molecule has 5 heteroatoms. The minimum Gasteiger partial charge on any atom is -0.486 e. The van der Waals surface area contributed by atoms with E-state index in [0.29, 0.717) is 13.2 Å². The molecule has 0 radical (unpaired) electrons. The highest BCUT2D eigenvalue weighted by Crippen LogP contribution is 2.36. The molecule has 0 aliphatic carbocycles. The van der Waals surface area contributed by atoms with Crippen molar-refractivity contribution in [2.75, 3.05) is 13.2 Å². The first-order valence-corrected chi connectivity index (χ1v) is 7.26. The van der Waals surface area contributed by atoms with Gasteiger partial charge in [-0.2, -0.15) is 0 Å². The molecule has 0 aromatic heterocycles. The highest BCUT2D eigenvalue weighted by molar-refractivity contribution is 9.10. The number of carboxylic acids is 1. The minimum absolute atomic E-state index is 0.252. The van der Waals surface area contributed by atoms with Crippen LogP contribution in [0.5, 0.6) is 11.5 Å².